The standard InChI is InChI=1S/C25H31N3O5S/c1-34(31,32)28(20-12-6-3-7-13-20)18-24(29)27-17-23(33-22-15-9-8-14-21(22)27)25(30)26-16-19-10-4-2-5-11-19/h2,4-5,8-11,14-15,20,23H,3,6-7,12-13,16-18H2,1H3,(H,26,30)/t23-/m0/s1. The molecule has 2 aromatic carbocycles. The molecule has 0 saturated heterocycles. The van der Waals surface area contributed by atoms with Crippen molar-refractivity contribution in [2.75, 3.05) is 24.2 Å². The Labute approximate surface area is 200 Å². The Morgan fingerprint density at radius 2 is 1.71 bits per heavy atom. The predicted molar refractivity (Wildman–Crippen MR) is 130 cm³/mol. The Morgan fingerprint density at radius 3 is 2.41 bits per heavy atom. The van der Waals surface area contributed by atoms with Gasteiger partial charge < -0.3 is 15.0 Å². The molecule has 1 heterocycles. The SMILES string of the molecule is CS(=O)(=O)N(CC(=O)N1C[C@@H](C(=O)NCc2ccccc2)Oc2ccccc21)C1CCCCC1. The summed E-state index contributed by atoms with van der Waals surface area (Å²) < 4.78 is 32.4. The fourth-order valence-corrected chi connectivity index (χ4v) is 5.71. The zero-order valence-electron chi connectivity index (χ0n) is 19.4. The first kappa shape index (κ1) is 24.2. The first-order chi connectivity index (χ1) is 16.3. The van der Waals surface area contributed by atoms with Crippen LogP contribution in [-0.2, 0) is 26.2 Å². The fraction of sp³-hybridized carbons (Fsp3) is 0.440. The van der Waals surface area contributed by atoms with Gasteiger partial charge in [-0.2, -0.15) is 4.31 Å². The van der Waals surface area contributed by atoms with Gasteiger partial charge in [0.15, 0.2) is 6.10 Å². The first-order valence-corrected chi connectivity index (χ1v) is 13.5. The molecule has 0 spiro atoms. The number of hydrogen-bond acceptors (Lipinski definition) is 5. The van der Waals surface area contributed by atoms with Crippen molar-refractivity contribution in [1.29, 1.82) is 0 Å². The number of anilines is 1. The molecule has 2 aromatic rings. The van der Waals surface area contributed by atoms with Crippen LogP contribution >= 0.6 is 0 Å². The third-order valence-corrected chi connectivity index (χ3v) is 7.65. The molecule has 2 amide bonds. The molecule has 0 radical (unpaired) electrons. The van der Waals surface area contributed by atoms with Crippen molar-refractivity contribution in [3.8, 4) is 5.75 Å². The third kappa shape index (κ3) is 5.77. The van der Waals surface area contributed by atoms with Crippen molar-refractivity contribution in [1.82, 2.24) is 9.62 Å². The maximum atomic E-state index is 13.4. The molecule has 1 aliphatic heterocycles. The molecular weight excluding hydrogens is 454 g/mol. The highest BCUT2D eigenvalue weighted by Crippen LogP contribution is 2.34. The molecule has 0 bridgehead atoms. The van der Waals surface area contributed by atoms with E-state index in [-0.39, 0.29) is 30.9 Å². The summed E-state index contributed by atoms with van der Waals surface area (Å²) in [6, 6.07) is 16.4. The quantitative estimate of drug-likeness (QED) is 0.651. The summed E-state index contributed by atoms with van der Waals surface area (Å²) in [5, 5.41) is 2.87. The highest BCUT2D eigenvalue weighted by atomic mass is 32.2. The van der Waals surface area contributed by atoms with Crippen LogP contribution in [-0.4, -0.2) is 56.0 Å². The van der Waals surface area contributed by atoms with Gasteiger partial charge >= 0.3 is 0 Å². The van der Waals surface area contributed by atoms with Crippen LogP contribution < -0.4 is 15.0 Å². The highest BCUT2D eigenvalue weighted by Gasteiger charge is 2.37. The zero-order chi connectivity index (χ0) is 24.1. The normalized spacial score (nSPS) is 18.8. The van der Waals surface area contributed by atoms with Gasteiger partial charge in [-0.15, -0.1) is 0 Å². The maximum Gasteiger partial charge on any atom is 0.263 e. The highest BCUT2D eigenvalue weighted by molar-refractivity contribution is 7.88. The van der Waals surface area contributed by atoms with E-state index in [1.54, 1.807) is 24.3 Å². The molecule has 1 aliphatic carbocycles. The van der Waals surface area contributed by atoms with Crippen LogP contribution in [0.5, 0.6) is 5.75 Å². The third-order valence-electron chi connectivity index (χ3n) is 6.38. The lowest BCUT2D eigenvalue weighted by atomic mass is 9.95. The monoisotopic (exact) mass is 485 g/mol. The minimum absolute atomic E-state index is 0.0126. The van der Waals surface area contributed by atoms with Gasteiger partial charge in [0.25, 0.3) is 5.91 Å². The lowest BCUT2D eigenvalue weighted by molar-refractivity contribution is -0.128. The predicted octanol–water partition coefficient (Wildman–Crippen LogP) is 2.69. The van der Waals surface area contributed by atoms with Crippen LogP contribution in [0.15, 0.2) is 54.6 Å². The lowest BCUT2D eigenvalue weighted by Gasteiger charge is -2.37. The molecule has 8 nitrogen and oxygen atoms in total. The Morgan fingerprint density at radius 1 is 1.03 bits per heavy atom. The number of rotatable bonds is 7. The van der Waals surface area contributed by atoms with E-state index in [0.717, 1.165) is 43.9 Å². The Kier molecular flexibility index (Phi) is 7.53. The van der Waals surface area contributed by atoms with Gasteiger partial charge in [0.1, 0.15) is 5.75 Å². The molecule has 1 atom stereocenters. The largest absolute Gasteiger partial charge is 0.477 e. The van der Waals surface area contributed by atoms with Crippen LogP contribution in [0.2, 0.25) is 0 Å². The van der Waals surface area contributed by atoms with Crippen molar-refractivity contribution < 1.29 is 22.7 Å². The van der Waals surface area contributed by atoms with Crippen molar-refractivity contribution in [3.63, 3.8) is 0 Å². The molecule has 1 N–H and O–H groups in total. The second-order valence-corrected chi connectivity index (χ2v) is 10.8. The Bertz CT molecular complexity index is 1120. The molecule has 2 aliphatic rings. The van der Waals surface area contributed by atoms with E-state index in [1.807, 2.05) is 30.3 Å². The number of sulfonamides is 1. The second kappa shape index (κ2) is 10.6. The smallest absolute Gasteiger partial charge is 0.263 e. The molecule has 4 rings (SSSR count). The summed E-state index contributed by atoms with van der Waals surface area (Å²) in [7, 11) is -3.57. The fourth-order valence-electron chi connectivity index (χ4n) is 4.61. The van der Waals surface area contributed by atoms with Crippen molar-refractivity contribution >= 4 is 27.5 Å². The molecule has 0 aromatic heterocycles. The van der Waals surface area contributed by atoms with Gasteiger partial charge in [0.05, 0.1) is 25.0 Å². The summed E-state index contributed by atoms with van der Waals surface area (Å²) in [6.07, 6.45) is 4.75. The number of fused-ring (bicyclic) bond motifs is 1. The van der Waals surface area contributed by atoms with E-state index < -0.39 is 16.1 Å². The number of nitrogens with zero attached hydrogens (tertiary/aromatic N) is 2. The molecule has 1 saturated carbocycles. The molecule has 9 heteroatoms. The van der Waals surface area contributed by atoms with Crippen molar-refractivity contribution in [3.05, 3.63) is 60.2 Å². The summed E-state index contributed by atoms with van der Waals surface area (Å²) in [4.78, 5) is 27.8. The van der Waals surface area contributed by atoms with E-state index in [0.29, 0.717) is 18.0 Å². The van der Waals surface area contributed by atoms with Crippen LogP contribution in [0.4, 0.5) is 5.69 Å². The van der Waals surface area contributed by atoms with Gasteiger partial charge in [-0.1, -0.05) is 61.7 Å². The van der Waals surface area contributed by atoms with Gasteiger partial charge in [-0.05, 0) is 30.5 Å². The Balaban J connectivity index is 1.51. The van der Waals surface area contributed by atoms with E-state index in [2.05, 4.69) is 5.32 Å². The topological polar surface area (TPSA) is 96.0 Å². The number of ether oxygens (including phenoxy) is 1. The van der Waals surface area contributed by atoms with Crippen molar-refractivity contribution in [2.24, 2.45) is 0 Å². The van der Waals surface area contributed by atoms with Gasteiger partial charge in [-0.25, -0.2) is 8.42 Å². The van der Waals surface area contributed by atoms with E-state index in [4.69, 9.17) is 4.74 Å². The summed E-state index contributed by atoms with van der Waals surface area (Å²) in [5.41, 5.74) is 1.49. The van der Waals surface area contributed by atoms with E-state index in [9.17, 15) is 18.0 Å². The number of carbonyl (C=O) groups excluding carboxylic acids is 2. The second-order valence-electron chi connectivity index (χ2n) is 8.88. The van der Waals surface area contributed by atoms with Crippen LogP contribution in [0.1, 0.15) is 37.7 Å². The number of benzene rings is 2. The molecule has 182 valence electrons. The minimum Gasteiger partial charge on any atom is -0.477 e. The van der Waals surface area contributed by atoms with Crippen molar-refractivity contribution in [2.45, 2.75) is 50.8 Å². The maximum absolute atomic E-state index is 13.4. The van der Waals surface area contributed by atoms with Crippen LogP contribution in [0.3, 0.4) is 0 Å². The number of hydrogen-bond donors (Lipinski definition) is 1. The average Bonchev–Trinajstić information content (AvgIpc) is 2.85. The van der Waals surface area contributed by atoms with Crippen LogP contribution in [0, 0.1) is 0 Å². The van der Waals surface area contributed by atoms with Gasteiger partial charge in [0, 0.05) is 12.6 Å². The molecule has 1 fully saturated rings. The molecule has 0 unspecified atom stereocenters. The van der Waals surface area contributed by atoms with Gasteiger partial charge in [-0.3, -0.25) is 9.59 Å². The number of nitrogens with one attached hydrogen (secondary N) is 1. The van der Waals surface area contributed by atoms with E-state index in [1.165, 1.54) is 9.21 Å². The summed E-state index contributed by atoms with van der Waals surface area (Å²) in [5.74, 6) is -0.276. The zero-order valence-corrected chi connectivity index (χ0v) is 20.2. The Hall–Kier alpha value is -2.91. The summed E-state index contributed by atoms with van der Waals surface area (Å²) >= 11 is 0. The number of amides is 2. The van der Waals surface area contributed by atoms with Crippen LogP contribution in [0.25, 0.3) is 0 Å². The summed E-state index contributed by atoms with van der Waals surface area (Å²) in [6.45, 7) is 0.105. The number of carbonyl (C=O) groups is 2. The van der Waals surface area contributed by atoms with Gasteiger partial charge in [0.2, 0.25) is 15.9 Å². The molecule has 34 heavy (non-hydrogen) atoms. The van der Waals surface area contributed by atoms with E-state index >= 15 is 0 Å². The lowest BCUT2D eigenvalue weighted by Crippen LogP contribution is -2.54. The number of para-hydroxylation sites is 2. The first-order valence-electron chi connectivity index (χ1n) is 11.7. The molecular formula is C25H31N3O5S. The average molecular weight is 486 g/mol. The minimum atomic E-state index is -3.57.